The van der Waals surface area contributed by atoms with Gasteiger partial charge >= 0.3 is 0 Å². The fourth-order valence-corrected chi connectivity index (χ4v) is 2.32. The molecule has 1 heterocycles. The Morgan fingerprint density at radius 1 is 0.778 bits per heavy atom. The molecule has 2 nitrogen and oxygen atoms in total. The van der Waals surface area contributed by atoms with Crippen molar-refractivity contribution in [2.75, 3.05) is 20.2 Å². The molecule has 1 rings (SSSR count). The Hall–Kier alpha value is -0.310. The Bertz CT molecular complexity index is 239. The molecule has 0 aromatic heterocycles. The molecule has 0 radical (unpaired) electrons. The summed E-state index contributed by atoms with van der Waals surface area (Å²) in [6.07, 6.45) is 19.0. The summed E-state index contributed by atoms with van der Waals surface area (Å²) in [6.45, 7) is 1.59. The van der Waals surface area contributed by atoms with Gasteiger partial charge in [-0.2, -0.15) is 0 Å². The Labute approximate surface area is 118 Å². The van der Waals surface area contributed by atoms with E-state index in [0.29, 0.717) is 6.61 Å². The van der Waals surface area contributed by atoms with Gasteiger partial charge in [-0.25, -0.2) is 0 Å². The first-order valence-corrected chi connectivity index (χ1v) is 7.10. The Balaban J connectivity index is 0.00000289. The smallest absolute Gasteiger partial charge is 0.100 e. The van der Waals surface area contributed by atoms with Crippen LogP contribution >= 0.6 is 0 Å². The lowest BCUT2D eigenvalue weighted by atomic mass is 10.1. The lowest BCUT2D eigenvalue weighted by Gasteiger charge is -2.22. The van der Waals surface area contributed by atoms with Crippen LogP contribution < -0.4 is 12.4 Å². The van der Waals surface area contributed by atoms with E-state index in [-0.39, 0.29) is 12.4 Å². The van der Waals surface area contributed by atoms with Gasteiger partial charge < -0.3 is 17.5 Å². The molecule has 0 fully saturated rings. The van der Waals surface area contributed by atoms with Crippen LogP contribution in [0.2, 0.25) is 0 Å². The van der Waals surface area contributed by atoms with Crippen molar-refractivity contribution in [3.8, 4) is 0 Å². The highest BCUT2D eigenvalue weighted by atomic mass is 35.5. The fraction of sp³-hybridized carbons (Fsp3) is 0.733. The lowest BCUT2D eigenvalue weighted by Crippen LogP contribution is -3.00. The number of hydrogen-bond acceptors (Lipinski definition) is 1. The first-order chi connectivity index (χ1) is 8.27. The molecular formula is C15H28ClNO. The molecule has 106 valence electrons. The van der Waals surface area contributed by atoms with Crippen molar-refractivity contribution in [2.45, 2.75) is 51.4 Å². The van der Waals surface area contributed by atoms with Crippen LogP contribution in [0.25, 0.3) is 0 Å². The van der Waals surface area contributed by atoms with Gasteiger partial charge in [0, 0.05) is 6.61 Å². The molecule has 1 aliphatic rings. The van der Waals surface area contributed by atoms with Gasteiger partial charge in [-0.3, -0.25) is 4.48 Å². The van der Waals surface area contributed by atoms with Crippen LogP contribution in [0.4, 0.5) is 0 Å². The third kappa shape index (κ3) is 7.91. The van der Waals surface area contributed by atoms with E-state index in [1.165, 1.54) is 51.5 Å². The number of allylic oxidation sites excluding steroid dienone is 2. The summed E-state index contributed by atoms with van der Waals surface area (Å²) in [4.78, 5) is 0. The number of quaternary nitrogens is 1. The molecule has 0 aromatic rings. The van der Waals surface area contributed by atoms with Gasteiger partial charge in [0.05, 0.1) is 13.6 Å². The minimum absolute atomic E-state index is 0. The maximum Gasteiger partial charge on any atom is 0.100 e. The summed E-state index contributed by atoms with van der Waals surface area (Å²) in [5.41, 5.74) is 0. The zero-order valence-electron chi connectivity index (χ0n) is 11.7. The quantitative estimate of drug-likeness (QED) is 0.456. The highest BCUT2D eigenvalue weighted by Crippen LogP contribution is 2.15. The van der Waals surface area contributed by atoms with Crippen molar-refractivity contribution in [1.29, 1.82) is 0 Å². The predicted octanol–water partition coefficient (Wildman–Crippen LogP) is 0.591. The zero-order valence-corrected chi connectivity index (χ0v) is 12.4. The molecule has 1 aliphatic heterocycles. The van der Waals surface area contributed by atoms with Crippen molar-refractivity contribution >= 4 is 0 Å². The van der Waals surface area contributed by atoms with E-state index in [1.54, 1.807) is 0 Å². The summed E-state index contributed by atoms with van der Waals surface area (Å²) in [7, 11) is 2.26. The van der Waals surface area contributed by atoms with E-state index in [4.69, 9.17) is 5.11 Å². The summed E-state index contributed by atoms with van der Waals surface area (Å²) in [5.74, 6) is 0. The molecule has 0 aliphatic carbocycles. The molecule has 0 saturated carbocycles. The highest BCUT2D eigenvalue weighted by Gasteiger charge is 2.16. The van der Waals surface area contributed by atoms with Crippen LogP contribution in [0.5, 0.6) is 0 Å². The summed E-state index contributed by atoms with van der Waals surface area (Å²) in [5, 5.41) is 8.65. The third-order valence-corrected chi connectivity index (χ3v) is 3.51. The molecular weight excluding hydrogens is 246 g/mol. The zero-order chi connectivity index (χ0) is 12.4. The number of rotatable bonds is 10. The SMILES string of the molecule is C[N+]1(CCCCCCCCCCO)C=CC=C1.[Cl-]. The van der Waals surface area contributed by atoms with Crippen molar-refractivity contribution in [3.63, 3.8) is 0 Å². The van der Waals surface area contributed by atoms with E-state index in [0.717, 1.165) is 10.9 Å². The molecule has 0 bridgehead atoms. The Morgan fingerprint density at radius 3 is 1.72 bits per heavy atom. The number of halogens is 1. The molecule has 1 N–H and O–H groups in total. The predicted molar refractivity (Wildman–Crippen MR) is 73.4 cm³/mol. The largest absolute Gasteiger partial charge is 1.00 e. The second kappa shape index (κ2) is 10.6. The summed E-state index contributed by atoms with van der Waals surface area (Å²) >= 11 is 0. The fourth-order valence-electron chi connectivity index (χ4n) is 2.32. The molecule has 0 saturated heterocycles. The monoisotopic (exact) mass is 273 g/mol. The minimum atomic E-state index is 0. The van der Waals surface area contributed by atoms with Gasteiger partial charge in [0.1, 0.15) is 12.4 Å². The summed E-state index contributed by atoms with van der Waals surface area (Å²) < 4.78 is 0.983. The first-order valence-electron chi connectivity index (χ1n) is 7.10. The van der Waals surface area contributed by atoms with Crippen LogP contribution in [-0.4, -0.2) is 29.8 Å². The maximum atomic E-state index is 8.65. The molecule has 3 heteroatoms. The van der Waals surface area contributed by atoms with E-state index in [9.17, 15) is 0 Å². The van der Waals surface area contributed by atoms with E-state index >= 15 is 0 Å². The number of aliphatic hydroxyl groups excluding tert-OH is 1. The Kier molecular flexibility index (Phi) is 10.4. The summed E-state index contributed by atoms with van der Waals surface area (Å²) in [6, 6.07) is 0. The average molecular weight is 274 g/mol. The molecule has 0 amide bonds. The lowest BCUT2D eigenvalue weighted by molar-refractivity contribution is -0.804. The third-order valence-electron chi connectivity index (χ3n) is 3.51. The number of unbranched alkanes of at least 4 members (excludes halogenated alkanes) is 7. The van der Waals surface area contributed by atoms with Gasteiger partial charge in [0.15, 0.2) is 0 Å². The van der Waals surface area contributed by atoms with Crippen molar-refractivity contribution < 1.29 is 22.0 Å². The van der Waals surface area contributed by atoms with Crippen LogP contribution in [0.15, 0.2) is 24.6 Å². The number of hydrogen-bond donors (Lipinski definition) is 1. The standard InChI is InChI=1S/C15H28NO.ClH/c1-16(13-9-10-14-16)12-8-6-4-2-3-5-7-11-15-17;/h9-10,13-14,17H,2-8,11-12,15H2,1H3;1H/q+1;/p-1. The van der Waals surface area contributed by atoms with Crippen LogP contribution in [0.3, 0.4) is 0 Å². The normalized spacial score (nSPS) is 15.9. The second-order valence-corrected chi connectivity index (χ2v) is 5.31. The maximum absolute atomic E-state index is 8.65. The van der Waals surface area contributed by atoms with E-state index < -0.39 is 0 Å². The second-order valence-electron chi connectivity index (χ2n) is 5.31. The molecule has 18 heavy (non-hydrogen) atoms. The van der Waals surface area contributed by atoms with Crippen molar-refractivity contribution in [1.82, 2.24) is 0 Å². The topological polar surface area (TPSA) is 20.2 Å². The van der Waals surface area contributed by atoms with Crippen molar-refractivity contribution in [2.24, 2.45) is 0 Å². The average Bonchev–Trinajstić information content (AvgIpc) is 2.74. The molecule has 0 unspecified atom stereocenters. The van der Waals surface area contributed by atoms with Gasteiger partial charge in [-0.05, 0) is 31.4 Å². The first kappa shape index (κ1) is 17.7. The van der Waals surface area contributed by atoms with Crippen LogP contribution in [0, 0.1) is 0 Å². The minimum Gasteiger partial charge on any atom is -1.00 e. The van der Waals surface area contributed by atoms with E-state index in [1.807, 2.05) is 0 Å². The Morgan fingerprint density at radius 2 is 1.22 bits per heavy atom. The van der Waals surface area contributed by atoms with Gasteiger partial charge in [0.2, 0.25) is 0 Å². The van der Waals surface area contributed by atoms with Gasteiger partial charge in [-0.1, -0.05) is 32.1 Å². The molecule has 0 aromatic carbocycles. The van der Waals surface area contributed by atoms with Crippen LogP contribution in [-0.2, 0) is 0 Å². The van der Waals surface area contributed by atoms with E-state index in [2.05, 4.69) is 31.6 Å². The highest BCUT2D eigenvalue weighted by molar-refractivity contribution is 5.03. The number of aliphatic hydroxyl groups is 1. The molecule has 0 atom stereocenters. The van der Waals surface area contributed by atoms with Gasteiger partial charge in [0.25, 0.3) is 0 Å². The van der Waals surface area contributed by atoms with Crippen LogP contribution in [0.1, 0.15) is 51.4 Å². The molecule has 0 spiro atoms. The van der Waals surface area contributed by atoms with Crippen molar-refractivity contribution in [3.05, 3.63) is 24.6 Å². The van der Waals surface area contributed by atoms with Gasteiger partial charge in [-0.15, -0.1) is 0 Å². The number of nitrogens with zero attached hydrogens (tertiary/aromatic N) is 1.